The average molecular weight is 284 g/mol. The Morgan fingerprint density at radius 3 is 2.86 bits per heavy atom. The van der Waals surface area contributed by atoms with Crippen molar-refractivity contribution in [2.45, 2.75) is 32.7 Å². The van der Waals surface area contributed by atoms with Crippen LogP contribution in [0.15, 0.2) is 30.7 Å². The lowest BCUT2D eigenvalue weighted by molar-refractivity contribution is 0.167. The van der Waals surface area contributed by atoms with Gasteiger partial charge in [-0.2, -0.15) is 5.10 Å². The lowest BCUT2D eigenvalue weighted by Crippen LogP contribution is -2.35. The maximum atomic E-state index is 4.41. The molecule has 0 aromatic carbocycles. The van der Waals surface area contributed by atoms with Crippen molar-refractivity contribution in [3.63, 3.8) is 0 Å². The summed E-state index contributed by atoms with van der Waals surface area (Å²) in [7, 11) is 1.98. The van der Waals surface area contributed by atoms with E-state index >= 15 is 0 Å². The standard InChI is InChI=1S/C17H24N4/c1-14-5-6-15(9-18-14)8-16-4-3-7-21(12-16)13-17-10-19-20(2)11-17/h5-6,9-11,16H,3-4,7-8,12-13H2,1-2H3/t16-/m1/s1. The highest BCUT2D eigenvalue weighted by Crippen LogP contribution is 2.22. The van der Waals surface area contributed by atoms with Crippen LogP contribution in [0.1, 0.15) is 29.7 Å². The van der Waals surface area contributed by atoms with Gasteiger partial charge < -0.3 is 0 Å². The van der Waals surface area contributed by atoms with Crippen molar-refractivity contribution in [1.29, 1.82) is 0 Å². The number of likely N-dealkylation sites (tertiary alicyclic amines) is 1. The summed E-state index contributed by atoms with van der Waals surface area (Å²) in [6.45, 7) is 5.46. The minimum absolute atomic E-state index is 0.750. The number of nitrogens with zero attached hydrogens (tertiary/aromatic N) is 4. The molecule has 1 saturated heterocycles. The smallest absolute Gasteiger partial charge is 0.0534 e. The van der Waals surface area contributed by atoms with Gasteiger partial charge in [0.2, 0.25) is 0 Å². The van der Waals surface area contributed by atoms with Crippen LogP contribution in [-0.2, 0) is 20.0 Å². The molecule has 3 heterocycles. The second kappa shape index (κ2) is 6.39. The van der Waals surface area contributed by atoms with Crippen molar-refractivity contribution < 1.29 is 0 Å². The summed E-state index contributed by atoms with van der Waals surface area (Å²) >= 11 is 0. The SMILES string of the molecule is Cc1ccc(C[C@H]2CCCN(Cc3cnn(C)c3)C2)cn1. The van der Waals surface area contributed by atoms with Gasteiger partial charge in [0.25, 0.3) is 0 Å². The fraction of sp³-hybridized carbons (Fsp3) is 0.529. The highest BCUT2D eigenvalue weighted by molar-refractivity contribution is 5.14. The first-order valence-electron chi connectivity index (χ1n) is 7.80. The van der Waals surface area contributed by atoms with E-state index in [1.807, 2.05) is 31.0 Å². The van der Waals surface area contributed by atoms with Crippen LogP contribution in [-0.4, -0.2) is 32.8 Å². The minimum atomic E-state index is 0.750. The van der Waals surface area contributed by atoms with Gasteiger partial charge in [0.1, 0.15) is 0 Å². The molecule has 0 N–H and O–H groups in total. The third-order valence-electron chi connectivity index (χ3n) is 4.26. The fourth-order valence-electron chi connectivity index (χ4n) is 3.23. The van der Waals surface area contributed by atoms with Gasteiger partial charge in [-0.25, -0.2) is 0 Å². The fourth-order valence-corrected chi connectivity index (χ4v) is 3.23. The molecule has 2 aromatic rings. The molecule has 1 aliphatic heterocycles. The van der Waals surface area contributed by atoms with E-state index in [-0.39, 0.29) is 0 Å². The molecule has 0 aliphatic carbocycles. The van der Waals surface area contributed by atoms with E-state index in [0.717, 1.165) is 24.6 Å². The molecule has 112 valence electrons. The van der Waals surface area contributed by atoms with Crippen LogP contribution in [0.5, 0.6) is 0 Å². The van der Waals surface area contributed by atoms with Gasteiger partial charge in [-0.05, 0) is 50.3 Å². The van der Waals surface area contributed by atoms with Crippen molar-refractivity contribution in [3.8, 4) is 0 Å². The van der Waals surface area contributed by atoms with Gasteiger partial charge in [0.05, 0.1) is 6.20 Å². The Hall–Kier alpha value is -1.68. The average Bonchev–Trinajstić information content (AvgIpc) is 2.87. The summed E-state index contributed by atoms with van der Waals surface area (Å²) in [5.41, 5.74) is 3.78. The van der Waals surface area contributed by atoms with Crippen LogP contribution in [0.3, 0.4) is 0 Å². The molecule has 1 atom stereocenters. The Balaban J connectivity index is 1.56. The molecule has 0 bridgehead atoms. The molecule has 1 fully saturated rings. The van der Waals surface area contributed by atoms with Crippen LogP contribution in [0.4, 0.5) is 0 Å². The predicted octanol–water partition coefficient (Wildman–Crippen LogP) is 2.58. The molecule has 0 unspecified atom stereocenters. The Kier molecular flexibility index (Phi) is 4.34. The predicted molar refractivity (Wildman–Crippen MR) is 83.9 cm³/mol. The largest absolute Gasteiger partial charge is 0.299 e. The maximum absolute atomic E-state index is 4.41. The summed E-state index contributed by atoms with van der Waals surface area (Å²) in [6, 6.07) is 4.34. The molecule has 0 saturated carbocycles. The van der Waals surface area contributed by atoms with Crippen molar-refractivity contribution >= 4 is 0 Å². The number of aryl methyl sites for hydroxylation is 2. The van der Waals surface area contributed by atoms with Crippen LogP contribution >= 0.6 is 0 Å². The van der Waals surface area contributed by atoms with Crippen LogP contribution in [0.2, 0.25) is 0 Å². The van der Waals surface area contributed by atoms with E-state index in [4.69, 9.17) is 0 Å². The minimum Gasteiger partial charge on any atom is -0.299 e. The quantitative estimate of drug-likeness (QED) is 0.865. The second-order valence-electron chi connectivity index (χ2n) is 6.28. The van der Waals surface area contributed by atoms with Crippen molar-refractivity contribution in [2.24, 2.45) is 13.0 Å². The molecule has 1 aliphatic rings. The van der Waals surface area contributed by atoms with Crippen LogP contribution < -0.4 is 0 Å². The van der Waals surface area contributed by atoms with E-state index in [1.165, 1.54) is 37.1 Å². The third-order valence-corrected chi connectivity index (χ3v) is 4.26. The van der Waals surface area contributed by atoms with Crippen molar-refractivity contribution in [3.05, 3.63) is 47.5 Å². The summed E-state index contributed by atoms with van der Waals surface area (Å²) in [6.07, 6.45) is 9.91. The van der Waals surface area contributed by atoms with E-state index in [0.29, 0.717) is 0 Å². The molecule has 0 spiro atoms. The Bertz CT molecular complexity index is 573. The van der Waals surface area contributed by atoms with Crippen molar-refractivity contribution in [2.75, 3.05) is 13.1 Å². The highest BCUT2D eigenvalue weighted by Gasteiger charge is 2.20. The molecule has 4 heteroatoms. The van der Waals surface area contributed by atoms with Gasteiger partial charge in [-0.3, -0.25) is 14.6 Å². The van der Waals surface area contributed by atoms with E-state index < -0.39 is 0 Å². The van der Waals surface area contributed by atoms with Gasteiger partial charge in [-0.15, -0.1) is 0 Å². The number of pyridine rings is 1. The number of aromatic nitrogens is 3. The topological polar surface area (TPSA) is 34.0 Å². The molecule has 3 rings (SSSR count). The summed E-state index contributed by atoms with van der Waals surface area (Å²) in [5.74, 6) is 0.750. The number of piperidine rings is 1. The normalized spacial score (nSPS) is 19.8. The molecule has 4 nitrogen and oxygen atoms in total. The number of hydrogen-bond acceptors (Lipinski definition) is 3. The summed E-state index contributed by atoms with van der Waals surface area (Å²) < 4.78 is 1.88. The lowest BCUT2D eigenvalue weighted by Gasteiger charge is -2.32. The summed E-state index contributed by atoms with van der Waals surface area (Å²) in [5, 5.41) is 4.26. The third kappa shape index (κ3) is 3.91. The first-order chi connectivity index (χ1) is 10.2. The zero-order chi connectivity index (χ0) is 14.7. The second-order valence-corrected chi connectivity index (χ2v) is 6.28. The monoisotopic (exact) mass is 284 g/mol. The van der Waals surface area contributed by atoms with Gasteiger partial charge in [0.15, 0.2) is 0 Å². The van der Waals surface area contributed by atoms with Gasteiger partial charge in [-0.1, -0.05) is 6.07 Å². The number of hydrogen-bond donors (Lipinski definition) is 0. The Morgan fingerprint density at radius 1 is 1.24 bits per heavy atom. The molecule has 0 radical (unpaired) electrons. The Labute approximate surface area is 126 Å². The first kappa shape index (κ1) is 14.3. The molecule has 2 aromatic heterocycles. The van der Waals surface area contributed by atoms with Gasteiger partial charge >= 0.3 is 0 Å². The molecular formula is C17H24N4. The molecule has 0 amide bonds. The van der Waals surface area contributed by atoms with E-state index in [1.54, 1.807) is 0 Å². The van der Waals surface area contributed by atoms with E-state index in [2.05, 4.69) is 33.3 Å². The van der Waals surface area contributed by atoms with Gasteiger partial charge in [0, 0.05) is 43.8 Å². The maximum Gasteiger partial charge on any atom is 0.0534 e. The lowest BCUT2D eigenvalue weighted by atomic mass is 9.91. The zero-order valence-electron chi connectivity index (χ0n) is 13.0. The van der Waals surface area contributed by atoms with Crippen molar-refractivity contribution in [1.82, 2.24) is 19.7 Å². The first-order valence-corrected chi connectivity index (χ1v) is 7.80. The molecule has 21 heavy (non-hydrogen) atoms. The van der Waals surface area contributed by atoms with Crippen LogP contribution in [0.25, 0.3) is 0 Å². The molecular weight excluding hydrogens is 260 g/mol. The van der Waals surface area contributed by atoms with E-state index in [9.17, 15) is 0 Å². The number of rotatable bonds is 4. The van der Waals surface area contributed by atoms with Crippen LogP contribution in [0, 0.1) is 12.8 Å². The Morgan fingerprint density at radius 2 is 2.14 bits per heavy atom. The highest BCUT2D eigenvalue weighted by atomic mass is 15.2. The zero-order valence-corrected chi connectivity index (χ0v) is 13.0. The summed E-state index contributed by atoms with van der Waals surface area (Å²) in [4.78, 5) is 6.97.